The average molecular weight is 358 g/mol. The maximum Gasteiger partial charge on any atom is 0.261 e. The highest BCUT2D eigenvalue weighted by atomic mass is 35.5. The molecule has 2 fully saturated rings. The van der Waals surface area contributed by atoms with E-state index >= 15 is 0 Å². The van der Waals surface area contributed by atoms with Gasteiger partial charge in [0.2, 0.25) is 5.91 Å². The van der Waals surface area contributed by atoms with Gasteiger partial charge in [0.15, 0.2) is 0 Å². The van der Waals surface area contributed by atoms with Crippen LogP contribution in [0.3, 0.4) is 0 Å². The Kier molecular flexibility index (Phi) is 6.44. The molecule has 3 rings (SSSR count). The van der Waals surface area contributed by atoms with Gasteiger partial charge in [0.05, 0.1) is 10.9 Å². The number of amides is 2. The molecular weight excluding hydrogens is 334 g/mol. The van der Waals surface area contributed by atoms with Gasteiger partial charge in [-0.1, -0.05) is 0 Å². The van der Waals surface area contributed by atoms with Crippen molar-refractivity contribution < 1.29 is 9.59 Å². The molecule has 0 aliphatic carbocycles. The standard InChI is InChI=1S/C16H23N3O2S.ClH/c1-11-4-5-14(22-11)15(20)18-12-6-9-19(10-7-12)16(21)13-3-2-8-17-13;/h4-5,12-13,17H,2-3,6-10H2,1H3,(H,18,20);1H. The van der Waals surface area contributed by atoms with E-state index in [1.807, 2.05) is 24.0 Å². The third-order valence-corrected chi connectivity index (χ3v) is 5.46. The lowest BCUT2D eigenvalue weighted by Gasteiger charge is -2.33. The molecule has 2 N–H and O–H groups in total. The smallest absolute Gasteiger partial charge is 0.261 e. The molecule has 2 aliphatic rings. The number of hydrogen-bond donors (Lipinski definition) is 2. The lowest BCUT2D eigenvalue weighted by Crippen LogP contribution is -2.50. The van der Waals surface area contributed by atoms with Crippen molar-refractivity contribution in [1.29, 1.82) is 0 Å². The molecule has 5 nitrogen and oxygen atoms in total. The Labute approximate surface area is 147 Å². The highest BCUT2D eigenvalue weighted by Crippen LogP contribution is 2.18. The van der Waals surface area contributed by atoms with Crippen LogP contribution in [0.2, 0.25) is 0 Å². The Morgan fingerprint density at radius 3 is 2.57 bits per heavy atom. The van der Waals surface area contributed by atoms with E-state index in [-0.39, 0.29) is 36.3 Å². The largest absolute Gasteiger partial charge is 0.348 e. The molecule has 0 radical (unpaired) electrons. The van der Waals surface area contributed by atoms with Crippen molar-refractivity contribution in [2.75, 3.05) is 19.6 Å². The molecule has 1 aromatic heterocycles. The van der Waals surface area contributed by atoms with E-state index in [4.69, 9.17) is 0 Å². The molecular formula is C16H24ClN3O2S. The van der Waals surface area contributed by atoms with Crippen LogP contribution >= 0.6 is 23.7 Å². The van der Waals surface area contributed by atoms with Crippen LogP contribution in [0.5, 0.6) is 0 Å². The first-order chi connectivity index (χ1) is 10.6. The molecule has 0 spiro atoms. The van der Waals surface area contributed by atoms with Crippen molar-refractivity contribution in [2.24, 2.45) is 0 Å². The Balaban J connectivity index is 0.00000192. The van der Waals surface area contributed by atoms with Crippen molar-refractivity contribution in [3.63, 3.8) is 0 Å². The van der Waals surface area contributed by atoms with E-state index in [2.05, 4.69) is 10.6 Å². The van der Waals surface area contributed by atoms with E-state index in [0.29, 0.717) is 0 Å². The van der Waals surface area contributed by atoms with Gasteiger partial charge in [-0.05, 0) is 51.3 Å². The zero-order valence-electron chi connectivity index (χ0n) is 13.3. The third kappa shape index (κ3) is 4.46. The van der Waals surface area contributed by atoms with Gasteiger partial charge in [-0.3, -0.25) is 9.59 Å². The first-order valence-electron chi connectivity index (χ1n) is 8.03. The summed E-state index contributed by atoms with van der Waals surface area (Å²) in [4.78, 5) is 28.4. The molecule has 128 valence electrons. The van der Waals surface area contributed by atoms with Crippen LogP contribution in [0.25, 0.3) is 0 Å². The van der Waals surface area contributed by atoms with Gasteiger partial charge in [0, 0.05) is 24.0 Å². The third-order valence-electron chi connectivity index (χ3n) is 4.46. The maximum absolute atomic E-state index is 12.3. The summed E-state index contributed by atoms with van der Waals surface area (Å²) in [6, 6.07) is 4.03. The van der Waals surface area contributed by atoms with Crippen LogP contribution < -0.4 is 10.6 Å². The van der Waals surface area contributed by atoms with Gasteiger partial charge in [0.1, 0.15) is 0 Å². The summed E-state index contributed by atoms with van der Waals surface area (Å²) < 4.78 is 0. The second-order valence-corrected chi connectivity index (χ2v) is 7.42. The fourth-order valence-electron chi connectivity index (χ4n) is 3.17. The van der Waals surface area contributed by atoms with Crippen LogP contribution in [0.1, 0.15) is 40.2 Å². The Bertz CT molecular complexity index is 549. The second-order valence-electron chi connectivity index (χ2n) is 6.13. The SMILES string of the molecule is Cc1ccc(C(=O)NC2CCN(C(=O)C3CCCN3)CC2)s1.Cl. The Morgan fingerprint density at radius 1 is 1.26 bits per heavy atom. The molecule has 3 heterocycles. The summed E-state index contributed by atoms with van der Waals surface area (Å²) in [6.45, 7) is 4.43. The van der Waals surface area contributed by atoms with Crippen LogP contribution in [-0.4, -0.2) is 48.4 Å². The monoisotopic (exact) mass is 357 g/mol. The van der Waals surface area contributed by atoms with E-state index in [0.717, 1.165) is 55.1 Å². The number of piperidine rings is 1. The minimum atomic E-state index is 0. The van der Waals surface area contributed by atoms with Crippen molar-refractivity contribution in [2.45, 2.75) is 44.7 Å². The topological polar surface area (TPSA) is 61.4 Å². The van der Waals surface area contributed by atoms with Crippen LogP contribution in [0, 0.1) is 6.92 Å². The predicted octanol–water partition coefficient (Wildman–Crippen LogP) is 1.95. The maximum atomic E-state index is 12.3. The summed E-state index contributed by atoms with van der Waals surface area (Å²) in [5.74, 6) is 0.247. The first kappa shape index (κ1) is 18.2. The van der Waals surface area contributed by atoms with E-state index in [1.54, 1.807) is 0 Å². The first-order valence-corrected chi connectivity index (χ1v) is 8.84. The molecule has 0 saturated carbocycles. The normalized spacial score (nSPS) is 21.8. The zero-order valence-corrected chi connectivity index (χ0v) is 15.0. The van der Waals surface area contributed by atoms with Crippen LogP contribution in [0.15, 0.2) is 12.1 Å². The fourth-order valence-corrected chi connectivity index (χ4v) is 3.94. The molecule has 2 saturated heterocycles. The number of aryl methyl sites for hydroxylation is 1. The van der Waals surface area contributed by atoms with Gasteiger partial charge in [-0.25, -0.2) is 0 Å². The quantitative estimate of drug-likeness (QED) is 0.869. The number of thiophene rings is 1. The molecule has 2 amide bonds. The van der Waals surface area contributed by atoms with Crippen molar-refractivity contribution in [1.82, 2.24) is 15.5 Å². The van der Waals surface area contributed by atoms with Crippen molar-refractivity contribution in [3.05, 3.63) is 21.9 Å². The van der Waals surface area contributed by atoms with Gasteiger partial charge in [0.25, 0.3) is 5.91 Å². The number of nitrogens with zero attached hydrogens (tertiary/aromatic N) is 1. The zero-order chi connectivity index (χ0) is 15.5. The summed E-state index contributed by atoms with van der Waals surface area (Å²) in [5.41, 5.74) is 0. The second kappa shape index (κ2) is 8.13. The van der Waals surface area contributed by atoms with E-state index in [1.165, 1.54) is 11.3 Å². The molecule has 1 aromatic rings. The number of carbonyl (C=O) groups is 2. The van der Waals surface area contributed by atoms with Gasteiger partial charge < -0.3 is 15.5 Å². The average Bonchev–Trinajstić information content (AvgIpc) is 3.18. The summed E-state index contributed by atoms with van der Waals surface area (Å²) in [5, 5.41) is 6.36. The molecule has 1 atom stereocenters. The summed E-state index contributed by atoms with van der Waals surface area (Å²) in [7, 11) is 0. The van der Waals surface area contributed by atoms with Crippen molar-refractivity contribution >= 4 is 35.6 Å². The highest BCUT2D eigenvalue weighted by molar-refractivity contribution is 7.13. The Morgan fingerprint density at radius 2 is 2.00 bits per heavy atom. The minimum Gasteiger partial charge on any atom is -0.348 e. The lowest BCUT2D eigenvalue weighted by molar-refractivity contribution is -0.134. The molecule has 7 heteroatoms. The number of rotatable bonds is 3. The van der Waals surface area contributed by atoms with Crippen molar-refractivity contribution in [3.8, 4) is 0 Å². The summed E-state index contributed by atoms with van der Waals surface area (Å²) >= 11 is 1.52. The van der Waals surface area contributed by atoms with Gasteiger partial charge in [-0.15, -0.1) is 23.7 Å². The van der Waals surface area contributed by atoms with E-state index < -0.39 is 0 Å². The van der Waals surface area contributed by atoms with Crippen LogP contribution in [0.4, 0.5) is 0 Å². The summed E-state index contributed by atoms with van der Waals surface area (Å²) in [6.07, 6.45) is 3.72. The van der Waals surface area contributed by atoms with Crippen LogP contribution in [-0.2, 0) is 4.79 Å². The number of nitrogens with one attached hydrogen (secondary N) is 2. The molecule has 23 heavy (non-hydrogen) atoms. The molecule has 0 aromatic carbocycles. The predicted molar refractivity (Wildman–Crippen MR) is 94.4 cm³/mol. The van der Waals surface area contributed by atoms with Gasteiger partial charge >= 0.3 is 0 Å². The van der Waals surface area contributed by atoms with Gasteiger partial charge in [-0.2, -0.15) is 0 Å². The molecule has 2 aliphatic heterocycles. The molecule has 0 bridgehead atoms. The lowest BCUT2D eigenvalue weighted by atomic mass is 10.0. The van der Waals surface area contributed by atoms with E-state index in [9.17, 15) is 9.59 Å². The number of hydrogen-bond acceptors (Lipinski definition) is 4. The molecule has 1 unspecified atom stereocenters. The Hall–Kier alpha value is -1.11. The fraction of sp³-hybridized carbons (Fsp3) is 0.625. The number of carbonyl (C=O) groups excluding carboxylic acids is 2. The number of likely N-dealkylation sites (tertiary alicyclic amines) is 1. The number of halogens is 1. The minimum absolute atomic E-state index is 0. The highest BCUT2D eigenvalue weighted by Gasteiger charge is 2.30.